The number of hydrogen-bond donors (Lipinski definition) is 1. The van der Waals surface area contributed by atoms with Gasteiger partial charge in [-0.05, 0) is 25.0 Å². The highest BCUT2D eigenvalue weighted by molar-refractivity contribution is 5.78. The Kier molecular flexibility index (Phi) is 4.76. The summed E-state index contributed by atoms with van der Waals surface area (Å²) < 4.78 is 38.8. The van der Waals surface area contributed by atoms with E-state index >= 15 is 0 Å². The molecule has 1 fully saturated rings. The molecule has 126 valence electrons. The van der Waals surface area contributed by atoms with Crippen LogP contribution in [-0.4, -0.2) is 34.4 Å². The molecule has 1 saturated heterocycles. The molecule has 2 amide bonds. The lowest BCUT2D eigenvalue weighted by molar-refractivity contribution is -0.140. The monoisotopic (exact) mass is 331 g/mol. The molecule has 0 saturated carbocycles. The topological polar surface area (TPSA) is 85.4 Å². The van der Waals surface area contributed by atoms with Gasteiger partial charge in [0.2, 0.25) is 11.8 Å². The van der Waals surface area contributed by atoms with Crippen LogP contribution in [0.2, 0.25) is 0 Å². The van der Waals surface area contributed by atoms with Crippen molar-refractivity contribution >= 4 is 11.8 Å². The van der Waals surface area contributed by atoms with Gasteiger partial charge < -0.3 is 15.2 Å². The fourth-order valence-electron chi connectivity index (χ4n) is 2.54. The van der Waals surface area contributed by atoms with Crippen molar-refractivity contribution in [3.05, 3.63) is 34.2 Å². The molecule has 0 aliphatic carbocycles. The highest BCUT2D eigenvalue weighted by Gasteiger charge is 2.34. The lowest BCUT2D eigenvalue weighted by atomic mass is 9.96. The van der Waals surface area contributed by atoms with Gasteiger partial charge in [0, 0.05) is 25.2 Å². The zero-order valence-corrected chi connectivity index (χ0v) is 12.2. The second kappa shape index (κ2) is 6.43. The van der Waals surface area contributed by atoms with Gasteiger partial charge in [0.25, 0.3) is 5.56 Å². The molecule has 0 radical (unpaired) electrons. The number of likely N-dealkylation sites (tertiary alicyclic amines) is 1. The third-order valence-electron chi connectivity index (χ3n) is 3.88. The standard InChI is InChI=1S/C14H16F3N3O3/c15-14(16,17)10-2-1-5-20(13(10)23)8-11(21)19-6-3-9(4-7-19)12(18)22/h1-2,5,9H,3-4,6-8H2,(H2,18,22). The molecule has 0 aromatic carbocycles. The van der Waals surface area contributed by atoms with E-state index in [1.54, 1.807) is 0 Å². The van der Waals surface area contributed by atoms with Gasteiger partial charge in [-0.15, -0.1) is 0 Å². The van der Waals surface area contributed by atoms with Crippen LogP contribution in [-0.2, 0) is 22.3 Å². The fourth-order valence-corrected chi connectivity index (χ4v) is 2.54. The third-order valence-corrected chi connectivity index (χ3v) is 3.88. The summed E-state index contributed by atoms with van der Waals surface area (Å²) in [6, 6.07) is 1.76. The van der Waals surface area contributed by atoms with Crippen molar-refractivity contribution in [1.82, 2.24) is 9.47 Å². The number of carbonyl (C=O) groups excluding carboxylic acids is 2. The van der Waals surface area contributed by atoms with Gasteiger partial charge in [0.15, 0.2) is 0 Å². The van der Waals surface area contributed by atoms with Crippen molar-refractivity contribution < 1.29 is 22.8 Å². The number of rotatable bonds is 3. The average Bonchev–Trinajstić information content (AvgIpc) is 2.48. The first-order valence-electron chi connectivity index (χ1n) is 7.04. The maximum atomic E-state index is 12.7. The molecule has 2 heterocycles. The smallest absolute Gasteiger partial charge is 0.369 e. The lowest BCUT2D eigenvalue weighted by Crippen LogP contribution is -2.44. The van der Waals surface area contributed by atoms with Crippen molar-refractivity contribution in [2.24, 2.45) is 11.7 Å². The van der Waals surface area contributed by atoms with Crippen molar-refractivity contribution in [3.8, 4) is 0 Å². The Morgan fingerprint density at radius 3 is 2.39 bits per heavy atom. The van der Waals surface area contributed by atoms with Crippen molar-refractivity contribution in [2.45, 2.75) is 25.6 Å². The van der Waals surface area contributed by atoms with Gasteiger partial charge >= 0.3 is 6.18 Å². The van der Waals surface area contributed by atoms with Crippen molar-refractivity contribution in [1.29, 1.82) is 0 Å². The van der Waals surface area contributed by atoms with Gasteiger partial charge in [0.05, 0.1) is 0 Å². The van der Waals surface area contributed by atoms with Crippen LogP contribution < -0.4 is 11.3 Å². The number of nitrogens with two attached hydrogens (primary N) is 1. The minimum absolute atomic E-state index is 0.292. The number of primary amides is 1. The van der Waals surface area contributed by atoms with E-state index in [1.165, 1.54) is 4.90 Å². The zero-order valence-electron chi connectivity index (χ0n) is 12.2. The number of pyridine rings is 1. The normalized spacial score (nSPS) is 16.4. The molecule has 0 atom stereocenters. The predicted molar refractivity (Wildman–Crippen MR) is 74.2 cm³/mol. The van der Waals surface area contributed by atoms with Crippen LogP contribution in [0.3, 0.4) is 0 Å². The van der Waals surface area contributed by atoms with Crippen molar-refractivity contribution in [2.75, 3.05) is 13.1 Å². The molecule has 0 spiro atoms. The van der Waals surface area contributed by atoms with E-state index in [0.29, 0.717) is 32.0 Å². The molecule has 1 aromatic rings. The summed E-state index contributed by atoms with van der Waals surface area (Å²) in [7, 11) is 0. The molecular weight excluding hydrogens is 315 g/mol. The van der Waals surface area contributed by atoms with Crippen LogP contribution >= 0.6 is 0 Å². The molecular formula is C14H16F3N3O3. The Bertz CT molecular complexity index is 661. The Morgan fingerprint density at radius 2 is 1.87 bits per heavy atom. The van der Waals surface area contributed by atoms with Gasteiger partial charge in [-0.25, -0.2) is 0 Å². The number of halogens is 3. The molecule has 6 nitrogen and oxygen atoms in total. The summed E-state index contributed by atoms with van der Waals surface area (Å²) in [5.41, 5.74) is 2.64. The van der Waals surface area contributed by atoms with Crippen LogP contribution in [0.4, 0.5) is 13.2 Å². The van der Waals surface area contributed by atoms with Crippen LogP contribution in [0.5, 0.6) is 0 Å². The second-order valence-electron chi connectivity index (χ2n) is 5.41. The maximum Gasteiger partial charge on any atom is 0.421 e. The number of hydrogen-bond acceptors (Lipinski definition) is 3. The quantitative estimate of drug-likeness (QED) is 0.880. The van der Waals surface area contributed by atoms with Crippen molar-refractivity contribution in [3.63, 3.8) is 0 Å². The van der Waals surface area contributed by atoms with Crippen LogP contribution in [0.15, 0.2) is 23.1 Å². The molecule has 0 unspecified atom stereocenters. The number of carbonyl (C=O) groups is 2. The lowest BCUT2D eigenvalue weighted by Gasteiger charge is -2.30. The highest BCUT2D eigenvalue weighted by atomic mass is 19.4. The molecule has 23 heavy (non-hydrogen) atoms. The minimum Gasteiger partial charge on any atom is -0.369 e. The molecule has 1 aromatic heterocycles. The number of piperidine rings is 1. The van der Waals surface area contributed by atoms with Gasteiger partial charge in [-0.3, -0.25) is 14.4 Å². The van der Waals surface area contributed by atoms with Crippen LogP contribution in [0.25, 0.3) is 0 Å². The average molecular weight is 331 g/mol. The summed E-state index contributed by atoms with van der Waals surface area (Å²) in [6.45, 7) is 0.115. The van der Waals surface area contributed by atoms with Gasteiger partial charge in [0.1, 0.15) is 12.1 Å². The van der Waals surface area contributed by atoms with E-state index in [0.717, 1.165) is 16.8 Å². The van der Waals surface area contributed by atoms with E-state index in [4.69, 9.17) is 5.73 Å². The van der Waals surface area contributed by atoms with Gasteiger partial charge in [-0.2, -0.15) is 13.2 Å². The van der Waals surface area contributed by atoms with E-state index in [1.807, 2.05) is 0 Å². The van der Waals surface area contributed by atoms with E-state index in [9.17, 15) is 27.6 Å². The molecule has 2 N–H and O–H groups in total. The molecule has 0 bridgehead atoms. The summed E-state index contributed by atoms with van der Waals surface area (Å²) in [6.07, 6.45) is -2.79. The summed E-state index contributed by atoms with van der Waals surface area (Å²) in [5.74, 6) is -1.18. The number of aromatic nitrogens is 1. The highest BCUT2D eigenvalue weighted by Crippen LogP contribution is 2.26. The Balaban J connectivity index is 2.07. The van der Waals surface area contributed by atoms with Crippen LogP contribution in [0.1, 0.15) is 18.4 Å². The predicted octanol–water partition coefficient (Wildman–Crippen LogP) is 0.591. The number of alkyl halides is 3. The first-order valence-corrected chi connectivity index (χ1v) is 7.04. The molecule has 1 aliphatic heterocycles. The molecule has 2 rings (SSSR count). The summed E-state index contributed by atoms with van der Waals surface area (Å²) in [4.78, 5) is 36.4. The molecule has 9 heteroatoms. The minimum atomic E-state index is -4.76. The number of nitrogens with zero attached hydrogens (tertiary/aromatic N) is 2. The number of amides is 2. The van der Waals surface area contributed by atoms with Crippen LogP contribution in [0, 0.1) is 5.92 Å². The van der Waals surface area contributed by atoms with E-state index < -0.39 is 35.7 Å². The Morgan fingerprint density at radius 1 is 1.26 bits per heavy atom. The first-order chi connectivity index (χ1) is 10.7. The van der Waals surface area contributed by atoms with E-state index in [-0.39, 0.29) is 5.92 Å². The Labute approximate surface area is 129 Å². The maximum absolute atomic E-state index is 12.7. The first kappa shape index (κ1) is 17.0. The summed E-state index contributed by atoms with van der Waals surface area (Å²) in [5, 5.41) is 0. The SMILES string of the molecule is NC(=O)C1CCN(C(=O)Cn2cccc(C(F)(F)F)c2=O)CC1. The molecule has 1 aliphatic rings. The van der Waals surface area contributed by atoms with Gasteiger partial charge in [-0.1, -0.05) is 0 Å². The second-order valence-corrected chi connectivity index (χ2v) is 5.41. The summed E-state index contributed by atoms with van der Waals surface area (Å²) >= 11 is 0. The largest absolute Gasteiger partial charge is 0.421 e. The zero-order chi connectivity index (χ0) is 17.2. The Hall–Kier alpha value is -2.32. The third kappa shape index (κ3) is 3.91. The fraction of sp³-hybridized carbons (Fsp3) is 0.500. The van der Waals surface area contributed by atoms with E-state index in [2.05, 4.69) is 0 Å².